The first-order chi connectivity index (χ1) is 15.0. The van der Waals surface area contributed by atoms with Gasteiger partial charge in [0.05, 0.1) is 18.9 Å². The summed E-state index contributed by atoms with van der Waals surface area (Å²) in [7, 11) is 1.53. The third-order valence-electron chi connectivity index (χ3n) is 4.00. The van der Waals surface area contributed by atoms with Crippen LogP contribution in [0.25, 0.3) is 0 Å². The van der Waals surface area contributed by atoms with Crippen LogP contribution in [0.3, 0.4) is 0 Å². The number of halogens is 1. The van der Waals surface area contributed by atoms with Crippen LogP contribution in [-0.4, -0.2) is 31.8 Å². The highest BCUT2D eigenvalue weighted by Crippen LogP contribution is 2.25. The van der Waals surface area contributed by atoms with Crippen molar-refractivity contribution in [3.63, 3.8) is 0 Å². The smallest absolute Gasteiger partial charge is 0.343 e. The van der Waals surface area contributed by atoms with E-state index in [9.17, 15) is 9.59 Å². The van der Waals surface area contributed by atoms with Crippen LogP contribution in [-0.2, 0) is 4.79 Å². The van der Waals surface area contributed by atoms with Gasteiger partial charge in [0.2, 0.25) is 0 Å². The molecule has 0 bridgehead atoms. The summed E-state index contributed by atoms with van der Waals surface area (Å²) in [5.41, 5.74) is 3.56. The van der Waals surface area contributed by atoms with Crippen LogP contribution in [0, 0.1) is 0 Å². The highest BCUT2D eigenvalue weighted by atomic mass is 79.9. The largest absolute Gasteiger partial charge is 0.493 e. The Morgan fingerprint density at radius 2 is 1.65 bits per heavy atom. The molecular formula is C23H19BrN2O5. The van der Waals surface area contributed by atoms with Gasteiger partial charge in [-0.25, -0.2) is 10.2 Å². The Hall–Kier alpha value is -3.65. The number of rotatable bonds is 8. The van der Waals surface area contributed by atoms with E-state index in [4.69, 9.17) is 14.2 Å². The Morgan fingerprint density at radius 1 is 0.968 bits per heavy atom. The number of hydrazone groups is 1. The minimum Gasteiger partial charge on any atom is -0.493 e. The number of amides is 1. The molecule has 0 saturated carbocycles. The standard InChI is InChI=1S/C23H19BrN2O5/c1-29-20-4-2-3-5-21(20)30-15-22(27)26-25-14-16-6-12-19(13-7-16)31-23(28)17-8-10-18(24)11-9-17/h2-14H,15H2,1H3,(H,26,27). The second-order valence-corrected chi connectivity index (χ2v) is 7.11. The van der Waals surface area contributed by atoms with Crippen LogP contribution in [0.15, 0.2) is 82.4 Å². The minimum atomic E-state index is -0.448. The van der Waals surface area contributed by atoms with Gasteiger partial charge >= 0.3 is 5.97 Å². The predicted octanol–water partition coefficient (Wildman–Crippen LogP) is 4.21. The second-order valence-electron chi connectivity index (χ2n) is 6.20. The minimum absolute atomic E-state index is 0.206. The molecule has 158 valence electrons. The Bertz CT molecular complexity index is 1070. The molecule has 3 aromatic carbocycles. The number of hydrogen-bond acceptors (Lipinski definition) is 6. The lowest BCUT2D eigenvalue weighted by atomic mass is 10.2. The van der Waals surface area contributed by atoms with E-state index in [0.717, 1.165) is 10.0 Å². The van der Waals surface area contributed by atoms with E-state index in [1.165, 1.54) is 13.3 Å². The molecule has 0 fully saturated rings. The maximum atomic E-state index is 12.1. The lowest BCUT2D eigenvalue weighted by molar-refractivity contribution is -0.123. The molecule has 1 N–H and O–H groups in total. The second kappa shape index (κ2) is 10.9. The Labute approximate surface area is 187 Å². The zero-order chi connectivity index (χ0) is 22.1. The molecule has 0 aromatic heterocycles. The maximum absolute atomic E-state index is 12.1. The van der Waals surface area contributed by atoms with Gasteiger partial charge < -0.3 is 14.2 Å². The molecule has 0 saturated heterocycles. The molecule has 31 heavy (non-hydrogen) atoms. The average molecular weight is 483 g/mol. The Morgan fingerprint density at radius 3 is 2.32 bits per heavy atom. The van der Waals surface area contributed by atoms with Crippen molar-refractivity contribution in [2.24, 2.45) is 5.10 Å². The topological polar surface area (TPSA) is 86.2 Å². The van der Waals surface area contributed by atoms with Crippen LogP contribution in [0.1, 0.15) is 15.9 Å². The number of hydrogen-bond donors (Lipinski definition) is 1. The number of nitrogens with zero attached hydrogens (tertiary/aromatic N) is 1. The SMILES string of the molecule is COc1ccccc1OCC(=O)NN=Cc1ccc(OC(=O)c2ccc(Br)cc2)cc1. The number of para-hydroxylation sites is 2. The van der Waals surface area contributed by atoms with Crippen molar-refractivity contribution in [3.05, 3.63) is 88.4 Å². The van der Waals surface area contributed by atoms with Gasteiger partial charge in [-0.05, 0) is 66.2 Å². The first-order valence-corrected chi connectivity index (χ1v) is 10.00. The molecule has 0 radical (unpaired) electrons. The van der Waals surface area contributed by atoms with E-state index in [0.29, 0.717) is 22.8 Å². The van der Waals surface area contributed by atoms with Gasteiger partial charge in [-0.3, -0.25) is 4.79 Å². The van der Waals surface area contributed by atoms with Crippen molar-refractivity contribution in [3.8, 4) is 17.2 Å². The fourth-order valence-corrected chi connectivity index (χ4v) is 2.73. The van der Waals surface area contributed by atoms with Crippen LogP contribution < -0.4 is 19.6 Å². The first-order valence-electron chi connectivity index (χ1n) is 9.20. The molecule has 7 nitrogen and oxygen atoms in total. The normalized spacial score (nSPS) is 10.5. The number of esters is 1. The number of carbonyl (C=O) groups is 2. The van der Waals surface area contributed by atoms with E-state index in [1.807, 2.05) is 6.07 Å². The summed E-state index contributed by atoms with van der Waals surface area (Å²) in [5, 5.41) is 3.89. The van der Waals surface area contributed by atoms with Crippen molar-refractivity contribution >= 4 is 34.0 Å². The van der Waals surface area contributed by atoms with Gasteiger partial charge in [-0.2, -0.15) is 5.10 Å². The predicted molar refractivity (Wildman–Crippen MR) is 120 cm³/mol. The van der Waals surface area contributed by atoms with Gasteiger partial charge in [0.1, 0.15) is 5.75 Å². The van der Waals surface area contributed by atoms with Gasteiger partial charge in [0.15, 0.2) is 18.1 Å². The molecule has 3 rings (SSSR count). The van der Waals surface area contributed by atoms with Gasteiger partial charge in [-0.1, -0.05) is 28.1 Å². The highest BCUT2D eigenvalue weighted by molar-refractivity contribution is 9.10. The quantitative estimate of drug-likeness (QED) is 0.225. The van der Waals surface area contributed by atoms with E-state index in [2.05, 4.69) is 26.5 Å². The number of benzene rings is 3. The van der Waals surface area contributed by atoms with E-state index >= 15 is 0 Å². The average Bonchev–Trinajstić information content (AvgIpc) is 2.79. The molecular weight excluding hydrogens is 464 g/mol. The fraction of sp³-hybridized carbons (Fsp3) is 0.0870. The lowest BCUT2D eigenvalue weighted by Gasteiger charge is -2.09. The van der Waals surface area contributed by atoms with E-state index < -0.39 is 11.9 Å². The van der Waals surface area contributed by atoms with Crippen molar-refractivity contribution in [1.82, 2.24) is 5.43 Å². The summed E-state index contributed by atoms with van der Waals surface area (Å²) in [6.07, 6.45) is 1.47. The summed E-state index contributed by atoms with van der Waals surface area (Å²) < 4.78 is 16.8. The molecule has 0 aliphatic carbocycles. The molecule has 8 heteroatoms. The first kappa shape index (κ1) is 22.0. The third-order valence-corrected chi connectivity index (χ3v) is 4.53. The number of ether oxygens (including phenoxy) is 3. The van der Waals surface area contributed by atoms with Crippen LogP contribution in [0.5, 0.6) is 17.2 Å². The lowest BCUT2D eigenvalue weighted by Crippen LogP contribution is -2.24. The summed E-state index contributed by atoms with van der Waals surface area (Å²) in [4.78, 5) is 24.0. The van der Waals surface area contributed by atoms with Gasteiger partial charge in [-0.15, -0.1) is 0 Å². The monoisotopic (exact) mass is 482 g/mol. The Kier molecular flexibility index (Phi) is 7.78. The van der Waals surface area contributed by atoms with Crippen molar-refractivity contribution < 1.29 is 23.8 Å². The van der Waals surface area contributed by atoms with E-state index in [1.54, 1.807) is 66.7 Å². The molecule has 3 aromatic rings. The molecule has 0 unspecified atom stereocenters. The van der Waals surface area contributed by atoms with Crippen molar-refractivity contribution in [2.45, 2.75) is 0 Å². The number of nitrogens with one attached hydrogen (secondary N) is 1. The van der Waals surface area contributed by atoms with Gasteiger partial charge in [0.25, 0.3) is 5.91 Å². The highest BCUT2D eigenvalue weighted by Gasteiger charge is 2.08. The zero-order valence-corrected chi connectivity index (χ0v) is 18.2. The van der Waals surface area contributed by atoms with Crippen LogP contribution in [0.4, 0.5) is 0 Å². The molecule has 0 aliphatic rings. The molecule has 0 aliphatic heterocycles. The molecule has 0 spiro atoms. The molecule has 0 heterocycles. The fourth-order valence-electron chi connectivity index (χ4n) is 2.47. The molecule has 1 amide bonds. The maximum Gasteiger partial charge on any atom is 0.343 e. The summed E-state index contributed by atoms with van der Waals surface area (Å²) >= 11 is 3.32. The van der Waals surface area contributed by atoms with Crippen LogP contribution >= 0.6 is 15.9 Å². The number of carbonyl (C=O) groups excluding carboxylic acids is 2. The molecule has 0 atom stereocenters. The third kappa shape index (κ3) is 6.68. The number of methoxy groups -OCH3 is 1. The van der Waals surface area contributed by atoms with E-state index in [-0.39, 0.29) is 6.61 Å². The summed E-state index contributed by atoms with van der Waals surface area (Å²) in [5.74, 6) is 0.551. The van der Waals surface area contributed by atoms with Crippen molar-refractivity contribution in [2.75, 3.05) is 13.7 Å². The van der Waals surface area contributed by atoms with Crippen LogP contribution in [0.2, 0.25) is 0 Å². The summed E-state index contributed by atoms with van der Waals surface area (Å²) in [6, 6.07) is 20.6. The Balaban J connectivity index is 1.47. The summed E-state index contributed by atoms with van der Waals surface area (Å²) in [6.45, 7) is -0.206. The van der Waals surface area contributed by atoms with Crippen molar-refractivity contribution in [1.29, 1.82) is 0 Å². The zero-order valence-electron chi connectivity index (χ0n) is 16.6. The van der Waals surface area contributed by atoms with Gasteiger partial charge in [0, 0.05) is 4.47 Å².